The molecule has 0 heterocycles. The van der Waals surface area contributed by atoms with E-state index in [0.29, 0.717) is 10.8 Å². The summed E-state index contributed by atoms with van der Waals surface area (Å²) < 4.78 is 5.20. The Morgan fingerprint density at radius 3 is 1.89 bits per heavy atom. The summed E-state index contributed by atoms with van der Waals surface area (Å²) >= 11 is 0. The van der Waals surface area contributed by atoms with Crippen molar-refractivity contribution < 1.29 is 4.74 Å². The minimum absolute atomic E-state index is 0.441. The first-order chi connectivity index (χ1) is 8.11. The summed E-state index contributed by atoms with van der Waals surface area (Å²) in [6.45, 7) is 17.5. The van der Waals surface area contributed by atoms with Crippen molar-refractivity contribution in [2.75, 3.05) is 13.7 Å². The van der Waals surface area contributed by atoms with Gasteiger partial charge < -0.3 is 4.74 Å². The second kappa shape index (κ2) is 7.53. The highest BCUT2D eigenvalue weighted by Gasteiger charge is 2.26. The molecule has 0 aromatic heterocycles. The van der Waals surface area contributed by atoms with E-state index in [4.69, 9.17) is 4.74 Å². The van der Waals surface area contributed by atoms with Crippen molar-refractivity contribution in [1.82, 2.24) is 0 Å². The molecule has 110 valence electrons. The van der Waals surface area contributed by atoms with Gasteiger partial charge in [-0.05, 0) is 35.5 Å². The van der Waals surface area contributed by atoms with Gasteiger partial charge in [0.15, 0.2) is 0 Å². The van der Waals surface area contributed by atoms with Gasteiger partial charge in [0.2, 0.25) is 0 Å². The fraction of sp³-hybridized carbons (Fsp3) is 1.00. The molecule has 0 aromatic carbocycles. The number of hydrogen-bond donors (Lipinski definition) is 0. The first-order valence-electron chi connectivity index (χ1n) is 7.60. The van der Waals surface area contributed by atoms with Crippen molar-refractivity contribution in [2.45, 2.75) is 74.1 Å². The predicted octanol–water partition coefficient (Wildman–Crippen LogP) is 5.54. The Balaban J connectivity index is 4.03. The van der Waals surface area contributed by atoms with Gasteiger partial charge in [-0.3, -0.25) is 0 Å². The molecule has 0 rings (SSSR count). The second-order valence-electron chi connectivity index (χ2n) is 7.83. The van der Waals surface area contributed by atoms with Crippen LogP contribution in [0.2, 0.25) is 0 Å². The van der Waals surface area contributed by atoms with Crippen LogP contribution >= 0.6 is 0 Å². The fourth-order valence-electron chi connectivity index (χ4n) is 2.23. The zero-order chi connectivity index (χ0) is 14.4. The Bertz CT molecular complexity index is 212. The summed E-state index contributed by atoms with van der Waals surface area (Å²) in [5.74, 6) is 1.55. The van der Waals surface area contributed by atoms with E-state index in [1.165, 1.54) is 25.7 Å². The summed E-state index contributed by atoms with van der Waals surface area (Å²) in [5.41, 5.74) is 0.891. The number of hydrogen-bond acceptors (Lipinski definition) is 1. The Labute approximate surface area is 116 Å². The maximum Gasteiger partial charge on any atom is 0.0465 e. The molecule has 0 fully saturated rings. The van der Waals surface area contributed by atoms with Gasteiger partial charge in [0.05, 0.1) is 0 Å². The molecule has 2 atom stereocenters. The Kier molecular flexibility index (Phi) is 7.51. The summed E-state index contributed by atoms with van der Waals surface area (Å²) in [6, 6.07) is 0. The summed E-state index contributed by atoms with van der Waals surface area (Å²) in [5, 5.41) is 0. The molecule has 18 heavy (non-hydrogen) atoms. The van der Waals surface area contributed by atoms with Crippen LogP contribution in [-0.2, 0) is 4.74 Å². The lowest BCUT2D eigenvalue weighted by Crippen LogP contribution is -2.24. The largest absolute Gasteiger partial charge is 0.385 e. The van der Waals surface area contributed by atoms with Crippen molar-refractivity contribution in [2.24, 2.45) is 22.7 Å². The summed E-state index contributed by atoms with van der Waals surface area (Å²) in [4.78, 5) is 0. The van der Waals surface area contributed by atoms with Crippen LogP contribution in [0, 0.1) is 22.7 Å². The van der Waals surface area contributed by atoms with Gasteiger partial charge in [-0.25, -0.2) is 0 Å². The molecular weight excluding hydrogens is 220 g/mol. The van der Waals surface area contributed by atoms with E-state index in [2.05, 4.69) is 48.5 Å². The van der Waals surface area contributed by atoms with Gasteiger partial charge in [-0.15, -0.1) is 0 Å². The zero-order valence-corrected chi connectivity index (χ0v) is 14.1. The molecule has 0 spiro atoms. The first kappa shape index (κ1) is 18.0. The highest BCUT2D eigenvalue weighted by molar-refractivity contribution is 4.77. The van der Waals surface area contributed by atoms with Gasteiger partial charge in [0, 0.05) is 13.7 Å². The standard InChI is InChI=1S/C17H36O/c1-14(16(3,4)5)10-9-12-17(6,7)15(2)11-13-18-8/h14-15H,9-13H2,1-8H3. The minimum atomic E-state index is 0.441. The molecule has 0 radical (unpaired) electrons. The van der Waals surface area contributed by atoms with E-state index < -0.39 is 0 Å². The molecule has 0 aliphatic rings. The molecule has 1 nitrogen and oxygen atoms in total. The molecule has 0 N–H and O–H groups in total. The van der Waals surface area contributed by atoms with E-state index in [1.807, 2.05) is 0 Å². The molecule has 0 saturated carbocycles. The second-order valence-corrected chi connectivity index (χ2v) is 7.83. The van der Waals surface area contributed by atoms with E-state index in [1.54, 1.807) is 7.11 Å². The Hall–Kier alpha value is -0.0400. The SMILES string of the molecule is COCCC(C)C(C)(C)CCCC(C)C(C)(C)C. The lowest BCUT2D eigenvalue weighted by Gasteiger charge is -2.33. The van der Waals surface area contributed by atoms with Crippen LogP contribution in [0.15, 0.2) is 0 Å². The lowest BCUT2D eigenvalue weighted by molar-refractivity contribution is 0.124. The van der Waals surface area contributed by atoms with Crippen LogP contribution < -0.4 is 0 Å². The van der Waals surface area contributed by atoms with Crippen LogP contribution in [-0.4, -0.2) is 13.7 Å². The molecule has 2 unspecified atom stereocenters. The van der Waals surface area contributed by atoms with Crippen molar-refractivity contribution >= 4 is 0 Å². The molecule has 0 aromatic rings. The third-order valence-electron chi connectivity index (χ3n) is 5.03. The van der Waals surface area contributed by atoms with Crippen molar-refractivity contribution in [1.29, 1.82) is 0 Å². The number of rotatable bonds is 8. The average molecular weight is 256 g/mol. The van der Waals surface area contributed by atoms with Crippen LogP contribution in [0.5, 0.6) is 0 Å². The Morgan fingerprint density at radius 1 is 0.889 bits per heavy atom. The highest BCUT2D eigenvalue weighted by Crippen LogP contribution is 2.37. The van der Waals surface area contributed by atoms with E-state index >= 15 is 0 Å². The Morgan fingerprint density at radius 2 is 1.44 bits per heavy atom. The van der Waals surface area contributed by atoms with Crippen LogP contribution in [0.3, 0.4) is 0 Å². The van der Waals surface area contributed by atoms with Gasteiger partial charge in [0.1, 0.15) is 0 Å². The topological polar surface area (TPSA) is 9.23 Å². The monoisotopic (exact) mass is 256 g/mol. The zero-order valence-electron chi connectivity index (χ0n) is 14.1. The van der Waals surface area contributed by atoms with E-state index in [-0.39, 0.29) is 0 Å². The van der Waals surface area contributed by atoms with Crippen LogP contribution in [0.25, 0.3) is 0 Å². The normalized spacial score (nSPS) is 16.7. The fourth-order valence-corrected chi connectivity index (χ4v) is 2.23. The minimum Gasteiger partial charge on any atom is -0.385 e. The molecule has 0 bridgehead atoms. The number of ether oxygens (including phenoxy) is 1. The average Bonchev–Trinajstić information content (AvgIpc) is 2.23. The van der Waals surface area contributed by atoms with Gasteiger partial charge >= 0.3 is 0 Å². The van der Waals surface area contributed by atoms with Gasteiger partial charge in [0.25, 0.3) is 0 Å². The molecule has 0 amide bonds. The third-order valence-corrected chi connectivity index (χ3v) is 5.03. The molecule has 0 saturated heterocycles. The molecule has 0 aliphatic carbocycles. The third kappa shape index (κ3) is 6.78. The highest BCUT2D eigenvalue weighted by atomic mass is 16.5. The lowest BCUT2D eigenvalue weighted by atomic mass is 9.72. The van der Waals surface area contributed by atoms with Crippen molar-refractivity contribution in [3.8, 4) is 0 Å². The summed E-state index contributed by atoms with van der Waals surface area (Å²) in [6.07, 6.45) is 5.21. The molecule has 0 aliphatic heterocycles. The number of methoxy groups -OCH3 is 1. The maximum absolute atomic E-state index is 5.20. The first-order valence-corrected chi connectivity index (χ1v) is 7.60. The maximum atomic E-state index is 5.20. The van der Waals surface area contributed by atoms with E-state index in [0.717, 1.165) is 18.4 Å². The predicted molar refractivity (Wildman–Crippen MR) is 81.9 cm³/mol. The smallest absolute Gasteiger partial charge is 0.0465 e. The van der Waals surface area contributed by atoms with E-state index in [9.17, 15) is 0 Å². The van der Waals surface area contributed by atoms with Crippen molar-refractivity contribution in [3.05, 3.63) is 0 Å². The van der Waals surface area contributed by atoms with Crippen molar-refractivity contribution in [3.63, 3.8) is 0 Å². The molecular formula is C17H36O. The summed E-state index contributed by atoms with van der Waals surface area (Å²) in [7, 11) is 1.80. The quantitative estimate of drug-likeness (QED) is 0.554. The van der Waals surface area contributed by atoms with Crippen LogP contribution in [0.1, 0.15) is 74.1 Å². The van der Waals surface area contributed by atoms with Gasteiger partial charge in [-0.2, -0.15) is 0 Å². The van der Waals surface area contributed by atoms with Gasteiger partial charge in [-0.1, -0.05) is 61.3 Å². The van der Waals surface area contributed by atoms with Crippen LogP contribution in [0.4, 0.5) is 0 Å². The molecule has 1 heteroatoms.